The summed E-state index contributed by atoms with van der Waals surface area (Å²) in [7, 11) is 1.60. The third-order valence-electron chi connectivity index (χ3n) is 4.84. The van der Waals surface area contributed by atoms with Gasteiger partial charge in [0.1, 0.15) is 6.54 Å². The van der Waals surface area contributed by atoms with Crippen molar-refractivity contribution in [2.75, 3.05) is 18.9 Å². The van der Waals surface area contributed by atoms with E-state index < -0.39 is 0 Å². The summed E-state index contributed by atoms with van der Waals surface area (Å²) in [6.45, 7) is 3.97. The lowest BCUT2D eigenvalue weighted by Gasteiger charge is -2.18. The lowest BCUT2D eigenvalue weighted by Crippen LogP contribution is -2.37. The van der Waals surface area contributed by atoms with E-state index in [1.54, 1.807) is 11.6 Å². The highest BCUT2D eigenvalue weighted by atomic mass is 32.1. The van der Waals surface area contributed by atoms with E-state index in [4.69, 9.17) is 12.2 Å². The Morgan fingerprint density at radius 2 is 1.87 bits per heavy atom. The van der Waals surface area contributed by atoms with E-state index in [0.717, 1.165) is 28.8 Å². The number of carbonyl (C=O) groups excluding carboxylic acids is 2. The Hall–Kier alpha value is -3.26. The van der Waals surface area contributed by atoms with Gasteiger partial charge in [0.2, 0.25) is 11.8 Å². The van der Waals surface area contributed by atoms with Crippen LogP contribution >= 0.6 is 12.2 Å². The predicted octanol–water partition coefficient (Wildman–Crippen LogP) is 3.58. The van der Waals surface area contributed by atoms with E-state index >= 15 is 0 Å². The number of benzene rings is 2. The van der Waals surface area contributed by atoms with Crippen molar-refractivity contribution in [1.29, 1.82) is 0 Å². The maximum absolute atomic E-state index is 12.7. The maximum Gasteiger partial charge on any atom is 0.243 e. The predicted molar refractivity (Wildman–Crippen MR) is 120 cm³/mol. The topological polar surface area (TPSA) is 83.0 Å². The summed E-state index contributed by atoms with van der Waals surface area (Å²) in [6, 6.07) is 15.5. The van der Waals surface area contributed by atoms with E-state index in [1.807, 2.05) is 62.4 Å². The summed E-state index contributed by atoms with van der Waals surface area (Å²) in [5.41, 5.74) is 3.81. The number of amides is 2. The minimum atomic E-state index is -0.249. The smallest absolute Gasteiger partial charge is 0.243 e. The average Bonchev–Trinajstić information content (AvgIpc) is 3.09. The number of anilines is 1. The number of H-pyrrole nitrogens is 1. The van der Waals surface area contributed by atoms with Crippen LogP contribution in [0.2, 0.25) is 0 Å². The third-order valence-corrected chi connectivity index (χ3v) is 5.15. The number of aromatic nitrogens is 3. The van der Waals surface area contributed by atoms with Crippen molar-refractivity contribution in [1.82, 2.24) is 19.7 Å². The van der Waals surface area contributed by atoms with Crippen LogP contribution in [0.1, 0.15) is 18.1 Å². The normalized spacial score (nSPS) is 10.6. The quantitative estimate of drug-likeness (QED) is 0.569. The van der Waals surface area contributed by atoms with Crippen LogP contribution in [0.15, 0.2) is 48.5 Å². The van der Waals surface area contributed by atoms with Crippen LogP contribution in [0.5, 0.6) is 0 Å². The second kappa shape index (κ2) is 9.49. The van der Waals surface area contributed by atoms with Crippen molar-refractivity contribution in [3.05, 3.63) is 64.4 Å². The molecule has 0 spiro atoms. The molecule has 8 heteroatoms. The number of hydrogen-bond acceptors (Lipinski definition) is 4. The van der Waals surface area contributed by atoms with Gasteiger partial charge in [0.15, 0.2) is 10.6 Å². The maximum atomic E-state index is 12.7. The molecule has 3 rings (SSSR count). The minimum Gasteiger partial charge on any atom is -0.335 e. The monoisotopic (exact) mass is 423 g/mol. The van der Waals surface area contributed by atoms with Gasteiger partial charge in [0.25, 0.3) is 0 Å². The number of para-hydroxylation sites is 1. The van der Waals surface area contributed by atoms with Gasteiger partial charge in [-0.25, -0.2) is 0 Å². The molecule has 0 aliphatic heterocycles. The van der Waals surface area contributed by atoms with E-state index in [0.29, 0.717) is 10.6 Å². The first kappa shape index (κ1) is 21.4. The fourth-order valence-electron chi connectivity index (χ4n) is 3.09. The highest BCUT2D eigenvalue weighted by Gasteiger charge is 2.17. The molecular formula is C22H25N5O2S. The summed E-state index contributed by atoms with van der Waals surface area (Å²) in [5, 5.41) is 9.89. The number of nitrogens with zero attached hydrogens (tertiary/aromatic N) is 3. The van der Waals surface area contributed by atoms with Crippen LogP contribution in [-0.4, -0.2) is 45.1 Å². The summed E-state index contributed by atoms with van der Waals surface area (Å²) in [4.78, 5) is 26.6. The number of carbonyl (C=O) groups is 2. The fraction of sp³-hybridized carbons (Fsp3) is 0.273. The van der Waals surface area contributed by atoms with Gasteiger partial charge in [-0.15, -0.1) is 0 Å². The van der Waals surface area contributed by atoms with Crippen LogP contribution in [-0.2, 0) is 22.6 Å². The second-order valence-electron chi connectivity index (χ2n) is 7.11. The lowest BCUT2D eigenvalue weighted by atomic mass is 10.1. The third kappa shape index (κ3) is 5.01. The first-order valence-electron chi connectivity index (χ1n) is 9.73. The van der Waals surface area contributed by atoms with Gasteiger partial charge in [-0.2, -0.15) is 5.10 Å². The first-order valence-corrected chi connectivity index (χ1v) is 10.1. The molecular weight excluding hydrogens is 398 g/mol. The molecule has 2 N–H and O–H groups in total. The zero-order valence-electron chi connectivity index (χ0n) is 17.3. The van der Waals surface area contributed by atoms with Gasteiger partial charge in [-0.3, -0.25) is 19.3 Å². The van der Waals surface area contributed by atoms with Gasteiger partial charge in [-0.1, -0.05) is 55.0 Å². The van der Waals surface area contributed by atoms with E-state index in [9.17, 15) is 9.59 Å². The molecule has 7 nitrogen and oxygen atoms in total. The molecule has 0 fully saturated rings. The van der Waals surface area contributed by atoms with Gasteiger partial charge >= 0.3 is 0 Å². The Morgan fingerprint density at radius 3 is 2.57 bits per heavy atom. The lowest BCUT2D eigenvalue weighted by molar-refractivity contribution is -0.133. The van der Waals surface area contributed by atoms with Crippen molar-refractivity contribution < 1.29 is 9.59 Å². The van der Waals surface area contributed by atoms with Gasteiger partial charge in [0.05, 0.1) is 6.54 Å². The van der Waals surface area contributed by atoms with Crippen LogP contribution in [0.25, 0.3) is 11.4 Å². The Morgan fingerprint density at radius 1 is 1.17 bits per heavy atom. The Balaban J connectivity index is 1.67. The molecule has 3 aromatic rings. The number of aromatic amines is 1. The zero-order chi connectivity index (χ0) is 21.7. The van der Waals surface area contributed by atoms with Gasteiger partial charge < -0.3 is 10.2 Å². The van der Waals surface area contributed by atoms with E-state index in [1.165, 1.54) is 4.90 Å². The highest BCUT2D eigenvalue weighted by molar-refractivity contribution is 7.71. The molecule has 0 atom stereocenters. The van der Waals surface area contributed by atoms with Crippen molar-refractivity contribution in [3.8, 4) is 11.4 Å². The van der Waals surface area contributed by atoms with Crippen molar-refractivity contribution in [2.45, 2.75) is 26.8 Å². The number of likely N-dealkylation sites (N-methyl/N-ethyl adjacent to an activating group) is 1. The van der Waals surface area contributed by atoms with Gasteiger partial charge in [-0.05, 0) is 37.2 Å². The first-order chi connectivity index (χ1) is 14.4. The van der Waals surface area contributed by atoms with Crippen molar-refractivity contribution >= 4 is 29.7 Å². The van der Waals surface area contributed by atoms with Crippen LogP contribution in [0, 0.1) is 11.7 Å². The zero-order valence-corrected chi connectivity index (χ0v) is 18.1. The number of nitrogens with one attached hydrogen (secondary N) is 2. The Bertz CT molecular complexity index is 1100. The molecule has 0 saturated heterocycles. The molecule has 0 aliphatic rings. The van der Waals surface area contributed by atoms with Gasteiger partial charge in [0, 0.05) is 18.3 Å². The largest absolute Gasteiger partial charge is 0.335 e. The summed E-state index contributed by atoms with van der Waals surface area (Å²) < 4.78 is 2.00. The molecule has 1 aromatic heterocycles. The van der Waals surface area contributed by atoms with Crippen LogP contribution in [0.4, 0.5) is 5.69 Å². The summed E-state index contributed by atoms with van der Waals surface area (Å²) >= 11 is 5.30. The molecule has 30 heavy (non-hydrogen) atoms. The number of aryl methyl sites for hydroxylation is 2. The summed E-state index contributed by atoms with van der Waals surface area (Å²) in [5.74, 6) is 0.101. The number of hydrogen-bond donors (Lipinski definition) is 2. The van der Waals surface area contributed by atoms with Crippen LogP contribution < -0.4 is 5.32 Å². The minimum absolute atomic E-state index is 0.00608. The molecule has 0 saturated carbocycles. The molecule has 1 heterocycles. The molecule has 0 radical (unpaired) electrons. The number of rotatable bonds is 7. The SMILES string of the molecule is CCc1ccccc1NC(=O)CN(C)C(=O)Cn1c(-c2ccc(C)cc2)n[nH]c1=S. The average molecular weight is 424 g/mol. The molecule has 0 aliphatic carbocycles. The summed E-state index contributed by atoms with van der Waals surface area (Å²) in [6.07, 6.45) is 0.811. The van der Waals surface area contributed by atoms with E-state index in [2.05, 4.69) is 15.5 Å². The Labute approximate surface area is 180 Å². The molecule has 2 amide bonds. The van der Waals surface area contributed by atoms with Crippen molar-refractivity contribution in [3.63, 3.8) is 0 Å². The Kier molecular flexibility index (Phi) is 6.79. The highest BCUT2D eigenvalue weighted by Crippen LogP contribution is 2.18. The molecule has 0 unspecified atom stereocenters. The van der Waals surface area contributed by atoms with Crippen molar-refractivity contribution in [2.24, 2.45) is 0 Å². The molecule has 156 valence electrons. The fourth-order valence-corrected chi connectivity index (χ4v) is 3.28. The van der Waals surface area contributed by atoms with E-state index in [-0.39, 0.29) is 24.9 Å². The van der Waals surface area contributed by atoms with Crippen LogP contribution in [0.3, 0.4) is 0 Å². The molecule has 2 aromatic carbocycles. The molecule has 0 bridgehead atoms. The second-order valence-corrected chi connectivity index (χ2v) is 7.50. The standard InChI is InChI=1S/C22H25N5O2S/c1-4-16-7-5-6-8-18(16)23-19(28)13-26(3)20(29)14-27-21(24-25-22(27)30)17-11-9-15(2)10-12-17/h5-12H,4,13-14H2,1-3H3,(H,23,28)(H,25,30).